The van der Waals surface area contributed by atoms with E-state index in [2.05, 4.69) is 15.7 Å². The molecule has 0 fully saturated rings. The van der Waals surface area contributed by atoms with Crippen molar-refractivity contribution >= 4 is 31.2 Å². The van der Waals surface area contributed by atoms with Crippen LogP contribution in [-0.2, 0) is 20.6 Å². The summed E-state index contributed by atoms with van der Waals surface area (Å²) < 4.78 is 12.2. The van der Waals surface area contributed by atoms with Crippen LogP contribution in [0.3, 0.4) is 0 Å². The fraction of sp³-hybridized carbons (Fsp3) is 0.500. The highest BCUT2D eigenvalue weighted by molar-refractivity contribution is 7.98. The van der Waals surface area contributed by atoms with Crippen LogP contribution in [0.4, 0.5) is 0 Å². The van der Waals surface area contributed by atoms with E-state index < -0.39 is 37.9 Å². The van der Waals surface area contributed by atoms with Gasteiger partial charge in [-0.05, 0) is 24.0 Å². The van der Waals surface area contributed by atoms with Crippen LogP contribution < -0.4 is 20.6 Å². The van der Waals surface area contributed by atoms with Gasteiger partial charge in [-0.3, -0.25) is 20.0 Å². The van der Waals surface area contributed by atoms with Gasteiger partial charge in [0, 0.05) is 13.3 Å². The van der Waals surface area contributed by atoms with Gasteiger partial charge in [-0.15, -0.1) is 0 Å². The van der Waals surface area contributed by atoms with Gasteiger partial charge < -0.3 is 19.9 Å². The van der Waals surface area contributed by atoms with E-state index in [1.54, 1.807) is 0 Å². The van der Waals surface area contributed by atoms with E-state index in [0.717, 1.165) is 5.56 Å². The van der Waals surface area contributed by atoms with Crippen molar-refractivity contribution in [3.8, 4) is 0 Å². The smallest absolute Gasteiger partial charge is 0.320 e. The highest BCUT2D eigenvalue weighted by atomic mass is 32.2. The Morgan fingerprint density at radius 3 is 2.50 bits per heavy atom. The Kier molecular flexibility index (Phi) is 9.90. The van der Waals surface area contributed by atoms with Gasteiger partial charge in [-0.25, -0.2) is 0 Å². The van der Waals surface area contributed by atoms with Gasteiger partial charge in [0.25, 0.3) is 0 Å². The quantitative estimate of drug-likeness (QED) is 0.295. The number of nitrogens with one attached hydrogen (secondary N) is 3. The number of aliphatic carboxylic acids is 1. The molecule has 3 atom stereocenters. The Labute approximate surface area is 157 Å². The van der Waals surface area contributed by atoms with E-state index in [0.29, 0.717) is 12.2 Å². The van der Waals surface area contributed by atoms with Crippen LogP contribution in [0.15, 0.2) is 30.3 Å². The molecule has 4 N–H and O–H groups in total. The fourth-order valence-corrected chi connectivity index (χ4v) is 3.88. The van der Waals surface area contributed by atoms with Crippen LogP contribution in [0.25, 0.3) is 0 Å². The lowest BCUT2D eigenvalue weighted by atomic mass is 10.1. The molecular formula is C16H25N3O5PS-. The number of hydrogen-bond donors (Lipinski definition) is 4. The van der Waals surface area contributed by atoms with Crippen LogP contribution in [0, 0.1) is 0 Å². The summed E-state index contributed by atoms with van der Waals surface area (Å²) in [4.78, 5) is 34.6. The number of carboxylic acid groups (broad SMARTS) is 1. The molecule has 0 radical (unpaired) electrons. The number of hydrogen-bond acceptors (Lipinski definition) is 6. The first-order valence-electron chi connectivity index (χ1n) is 8.07. The topological polar surface area (TPSA) is 131 Å². The summed E-state index contributed by atoms with van der Waals surface area (Å²) in [5.41, 5.74) is 0.853. The molecule has 8 nitrogen and oxygen atoms in total. The predicted octanol–water partition coefficient (Wildman–Crippen LogP) is 0.588. The van der Waals surface area contributed by atoms with E-state index in [1.165, 1.54) is 18.7 Å². The molecule has 10 heteroatoms. The first-order valence-corrected chi connectivity index (χ1v) is 11.3. The largest absolute Gasteiger partial charge is 0.787 e. The summed E-state index contributed by atoms with van der Waals surface area (Å²) in [6, 6.07) is 8.26. The molecule has 0 bridgehead atoms. The molecule has 0 aromatic heterocycles. The van der Waals surface area contributed by atoms with Crippen molar-refractivity contribution in [2.75, 3.05) is 18.3 Å². The monoisotopic (exact) mass is 402 g/mol. The summed E-state index contributed by atoms with van der Waals surface area (Å²) in [7, 11) is -4.14. The molecule has 0 saturated heterocycles. The van der Waals surface area contributed by atoms with Crippen molar-refractivity contribution in [2.45, 2.75) is 32.0 Å². The molecule has 0 spiro atoms. The highest BCUT2D eigenvalue weighted by Crippen LogP contribution is 2.29. The number of thioether (sulfide) groups is 1. The Hall–Kier alpha value is -1.38. The number of carbonyl (C=O) groups is 2. The summed E-state index contributed by atoms with van der Waals surface area (Å²) in [6.07, 6.45) is 1.15. The third-order valence-corrected chi connectivity index (χ3v) is 5.41. The lowest BCUT2D eigenvalue weighted by Gasteiger charge is -2.32. The third kappa shape index (κ3) is 9.35. The molecule has 0 aliphatic heterocycles. The second kappa shape index (κ2) is 11.4. The standard InChI is InChI=1S/C16H26N3O5PS/c1-12(20)17-11-25(23,24)19-15(10-13-6-4-3-5-7-13)18-14(16(21)22)8-9-26-2/h3-7,14-15,18H,8-11H2,1-2H3,(H,17,20)(H,21,22)(H2,19,23,24)/p-1. The van der Waals surface area contributed by atoms with Crippen LogP contribution in [0.5, 0.6) is 0 Å². The average molecular weight is 402 g/mol. The number of benzene rings is 1. The van der Waals surface area contributed by atoms with Crippen molar-refractivity contribution in [3.63, 3.8) is 0 Å². The van der Waals surface area contributed by atoms with Crippen molar-refractivity contribution in [3.05, 3.63) is 35.9 Å². The van der Waals surface area contributed by atoms with Gasteiger partial charge in [0.2, 0.25) is 5.91 Å². The van der Waals surface area contributed by atoms with E-state index in [4.69, 9.17) is 0 Å². The molecule has 0 aliphatic carbocycles. The first kappa shape index (κ1) is 22.7. The second-order valence-electron chi connectivity index (χ2n) is 5.77. The number of carbonyl (C=O) groups excluding carboxylic acids is 1. The zero-order chi connectivity index (χ0) is 19.6. The second-order valence-corrected chi connectivity index (χ2v) is 8.68. The molecule has 3 unspecified atom stereocenters. The van der Waals surface area contributed by atoms with Crippen LogP contribution in [0.2, 0.25) is 0 Å². The lowest BCUT2D eigenvalue weighted by Crippen LogP contribution is -2.52. The van der Waals surface area contributed by atoms with E-state index in [-0.39, 0.29) is 6.42 Å². The normalized spacial score (nSPS) is 15.7. The lowest BCUT2D eigenvalue weighted by molar-refractivity contribution is -0.180. The minimum absolute atomic E-state index is 0.274. The van der Waals surface area contributed by atoms with Crippen LogP contribution >= 0.6 is 19.3 Å². The van der Waals surface area contributed by atoms with Gasteiger partial charge in [0.1, 0.15) is 6.04 Å². The number of amides is 1. The SMILES string of the molecule is CSCCC(NC(Cc1ccccc1)NP(=O)([O-])CNC(C)=O)C(=O)O. The van der Waals surface area contributed by atoms with Gasteiger partial charge in [-0.2, -0.15) is 11.8 Å². The maximum atomic E-state index is 12.2. The van der Waals surface area contributed by atoms with Gasteiger partial charge in [-0.1, -0.05) is 30.3 Å². The molecule has 26 heavy (non-hydrogen) atoms. The molecule has 0 saturated carbocycles. The van der Waals surface area contributed by atoms with Crippen molar-refractivity contribution in [1.82, 2.24) is 15.7 Å². The molecule has 1 rings (SSSR count). The molecule has 0 heterocycles. The molecular weight excluding hydrogens is 377 g/mol. The highest BCUT2D eigenvalue weighted by Gasteiger charge is 2.24. The minimum atomic E-state index is -4.14. The Bertz CT molecular complexity index is 632. The van der Waals surface area contributed by atoms with Crippen LogP contribution in [0.1, 0.15) is 18.9 Å². The Balaban J connectivity index is 2.88. The summed E-state index contributed by atoms with van der Waals surface area (Å²) in [6.45, 7) is 1.22. The zero-order valence-corrected chi connectivity index (χ0v) is 16.5. The van der Waals surface area contributed by atoms with E-state index in [1.807, 2.05) is 36.6 Å². The number of rotatable bonds is 12. The average Bonchev–Trinajstić information content (AvgIpc) is 2.57. The van der Waals surface area contributed by atoms with Crippen molar-refractivity contribution in [2.24, 2.45) is 0 Å². The predicted molar refractivity (Wildman–Crippen MR) is 101 cm³/mol. The summed E-state index contributed by atoms with van der Waals surface area (Å²) in [5, 5.41) is 17.0. The van der Waals surface area contributed by atoms with E-state index in [9.17, 15) is 24.2 Å². The van der Waals surface area contributed by atoms with E-state index >= 15 is 0 Å². The zero-order valence-electron chi connectivity index (χ0n) is 14.8. The third-order valence-electron chi connectivity index (χ3n) is 3.48. The molecule has 146 valence electrons. The fourth-order valence-electron chi connectivity index (χ4n) is 2.25. The maximum absolute atomic E-state index is 12.2. The van der Waals surface area contributed by atoms with Gasteiger partial charge in [0.05, 0.1) is 20.0 Å². The van der Waals surface area contributed by atoms with Gasteiger partial charge >= 0.3 is 5.97 Å². The molecule has 1 amide bonds. The van der Waals surface area contributed by atoms with Gasteiger partial charge in [0.15, 0.2) is 0 Å². The Morgan fingerprint density at radius 1 is 1.31 bits per heavy atom. The minimum Gasteiger partial charge on any atom is -0.787 e. The molecule has 1 aromatic carbocycles. The Morgan fingerprint density at radius 2 is 1.96 bits per heavy atom. The van der Waals surface area contributed by atoms with Crippen molar-refractivity contribution < 1.29 is 24.2 Å². The maximum Gasteiger partial charge on any atom is 0.320 e. The summed E-state index contributed by atoms with van der Waals surface area (Å²) in [5.74, 6) is -0.872. The molecule has 0 aliphatic rings. The first-order chi connectivity index (χ1) is 12.2. The summed E-state index contributed by atoms with van der Waals surface area (Å²) >= 11 is 1.52. The van der Waals surface area contributed by atoms with Crippen LogP contribution in [-0.4, -0.2) is 47.5 Å². The number of carboxylic acids is 1. The van der Waals surface area contributed by atoms with Crippen molar-refractivity contribution in [1.29, 1.82) is 0 Å². The molecule has 1 aromatic rings.